The zero-order valence-electron chi connectivity index (χ0n) is 10.7. The highest BCUT2D eigenvalue weighted by atomic mass is 19.1. The van der Waals surface area contributed by atoms with E-state index in [9.17, 15) is 4.39 Å². The van der Waals surface area contributed by atoms with E-state index in [-0.39, 0.29) is 11.2 Å². The summed E-state index contributed by atoms with van der Waals surface area (Å²) in [4.78, 5) is 0. The van der Waals surface area contributed by atoms with Gasteiger partial charge in [-0.15, -0.1) is 0 Å². The van der Waals surface area contributed by atoms with Crippen molar-refractivity contribution < 1.29 is 8.81 Å². The fourth-order valence-electron chi connectivity index (χ4n) is 2.02. The molecule has 0 fully saturated rings. The molecular formula is C15H18FNO. The zero-order valence-corrected chi connectivity index (χ0v) is 10.7. The molecule has 1 aromatic heterocycles. The molecule has 96 valence electrons. The maximum Gasteiger partial charge on any atom is 0.126 e. The molecule has 0 aliphatic carbocycles. The fraction of sp³-hybridized carbons (Fsp3) is 0.333. The van der Waals surface area contributed by atoms with Crippen LogP contribution in [0.5, 0.6) is 0 Å². The summed E-state index contributed by atoms with van der Waals surface area (Å²) in [5, 5.41) is 3.29. The van der Waals surface area contributed by atoms with E-state index in [0.717, 1.165) is 11.3 Å². The molecule has 0 atom stereocenters. The Morgan fingerprint density at radius 2 is 1.94 bits per heavy atom. The van der Waals surface area contributed by atoms with Gasteiger partial charge in [0.1, 0.15) is 11.6 Å². The molecule has 0 aliphatic heterocycles. The summed E-state index contributed by atoms with van der Waals surface area (Å²) in [6.45, 7) is 5.40. The molecule has 1 heterocycles. The first kappa shape index (κ1) is 12.8. The van der Waals surface area contributed by atoms with Gasteiger partial charge in [0, 0.05) is 12.0 Å². The van der Waals surface area contributed by atoms with Crippen molar-refractivity contribution in [2.75, 3.05) is 6.54 Å². The van der Waals surface area contributed by atoms with E-state index in [1.165, 1.54) is 6.07 Å². The van der Waals surface area contributed by atoms with Crippen LogP contribution in [0.4, 0.5) is 4.39 Å². The predicted molar refractivity (Wildman–Crippen MR) is 69.8 cm³/mol. The van der Waals surface area contributed by atoms with Gasteiger partial charge < -0.3 is 9.73 Å². The third kappa shape index (κ3) is 2.99. The van der Waals surface area contributed by atoms with Crippen LogP contribution < -0.4 is 5.32 Å². The monoisotopic (exact) mass is 247 g/mol. The summed E-state index contributed by atoms with van der Waals surface area (Å²) in [7, 11) is 0. The van der Waals surface area contributed by atoms with Crippen molar-refractivity contribution in [3.63, 3.8) is 0 Å². The Morgan fingerprint density at radius 1 is 1.17 bits per heavy atom. The summed E-state index contributed by atoms with van der Waals surface area (Å²) >= 11 is 0. The first-order chi connectivity index (χ1) is 8.59. The molecule has 18 heavy (non-hydrogen) atoms. The van der Waals surface area contributed by atoms with Crippen LogP contribution in [0.15, 0.2) is 47.1 Å². The van der Waals surface area contributed by atoms with Crippen molar-refractivity contribution in [1.82, 2.24) is 5.32 Å². The largest absolute Gasteiger partial charge is 0.468 e. The van der Waals surface area contributed by atoms with Gasteiger partial charge in [-0.25, -0.2) is 4.39 Å². The van der Waals surface area contributed by atoms with Crippen LogP contribution in [-0.4, -0.2) is 6.54 Å². The maximum absolute atomic E-state index is 13.7. The van der Waals surface area contributed by atoms with Crippen LogP contribution in [0.25, 0.3) is 0 Å². The molecule has 2 nitrogen and oxygen atoms in total. The summed E-state index contributed by atoms with van der Waals surface area (Å²) < 4.78 is 19.0. The highest BCUT2D eigenvalue weighted by Crippen LogP contribution is 2.24. The normalized spacial score (nSPS) is 11.7. The molecule has 1 aromatic carbocycles. The van der Waals surface area contributed by atoms with Gasteiger partial charge in [0.15, 0.2) is 0 Å². The van der Waals surface area contributed by atoms with Crippen LogP contribution in [0.3, 0.4) is 0 Å². The van der Waals surface area contributed by atoms with Crippen molar-refractivity contribution in [3.05, 3.63) is 59.8 Å². The summed E-state index contributed by atoms with van der Waals surface area (Å²) in [6.07, 6.45) is 1.65. The van der Waals surface area contributed by atoms with Gasteiger partial charge in [-0.1, -0.05) is 32.0 Å². The van der Waals surface area contributed by atoms with E-state index in [0.29, 0.717) is 13.1 Å². The molecule has 0 saturated carbocycles. The first-order valence-corrected chi connectivity index (χ1v) is 6.08. The van der Waals surface area contributed by atoms with Crippen LogP contribution in [0, 0.1) is 5.82 Å². The fourth-order valence-corrected chi connectivity index (χ4v) is 2.02. The average Bonchev–Trinajstić information content (AvgIpc) is 2.82. The summed E-state index contributed by atoms with van der Waals surface area (Å²) in [5.74, 6) is 0.738. The summed E-state index contributed by atoms with van der Waals surface area (Å²) in [6, 6.07) is 10.7. The molecule has 3 heteroatoms. The Hall–Kier alpha value is -1.61. The second-order valence-corrected chi connectivity index (χ2v) is 5.05. The molecule has 2 rings (SSSR count). The molecule has 0 amide bonds. The van der Waals surface area contributed by atoms with Crippen molar-refractivity contribution in [1.29, 1.82) is 0 Å². The molecular weight excluding hydrogens is 229 g/mol. The number of hydrogen-bond acceptors (Lipinski definition) is 2. The van der Waals surface area contributed by atoms with Gasteiger partial charge in [0.05, 0.1) is 12.8 Å². The molecule has 0 spiro atoms. The standard InChI is InChI=1S/C15H18FNO/c1-15(2,13-7-3-4-8-14(13)16)11-17-10-12-6-5-9-18-12/h3-9,17H,10-11H2,1-2H3. The van der Waals surface area contributed by atoms with E-state index in [1.807, 2.05) is 38.1 Å². The number of halogens is 1. The van der Waals surface area contributed by atoms with Crippen LogP contribution >= 0.6 is 0 Å². The second kappa shape index (κ2) is 5.36. The number of nitrogens with one attached hydrogen (secondary N) is 1. The minimum Gasteiger partial charge on any atom is -0.468 e. The number of rotatable bonds is 5. The Bertz CT molecular complexity index is 491. The van der Waals surface area contributed by atoms with E-state index in [2.05, 4.69) is 5.32 Å². The second-order valence-electron chi connectivity index (χ2n) is 5.05. The molecule has 1 N–H and O–H groups in total. The Morgan fingerprint density at radius 3 is 2.61 bits per heavy atom. The van der Waals surface area contributed by atoms with Crippen LogP contribution in [-0.2, 0) is 12.0 Å². The van der Waals surface area contributed by atoms with Gasteiger partial charge in [-0.2, -0.15) is 0 Å². The van der Waals surface area contributed by atoms with Crippen molar-refractivity contribution in [2.24, 2.45) is 0 Å². The number of hydrogen-bond donors (Lipinski definition) is 1. The van der Waals surface area contributed by atoms with Crippen LogP contribution in [0.1, 0.15) is 25.2 Å². The van der Waals surface area contributed by atoms with Gasteiger partial charge in [0.2, 0.25) is 0 Å². The molecule has 0 saturated heterocycles. The topological polar surface area (TPSA) is 25.2 Å². The zero-order chi connectivity index (χ0) is 13.0. The van der Waals surface area contributed by atoms with Crippen molar-refractivity contribution in [2.45, 2.75) is 25.8 Å². The molecule has 0 unspecified atom stereocenters. The van der Waals surface area contributed by atoms with Crippen molar-refractivity contribution in [3.8, 4) is 0 Å². The number of furan rings is 1. The van der Waals surface area contributed by atoms with Gasteiger partial charge in [-0.05, 0) is 23.8 Å². The predicted octanol–water partition coefficient (Wildman–Crippen LogP) is 3.49. The summed E-state index contributed by atoms with van der Waals surface area (Å²) in [5.41, 5.74) is 0.481. The SMILES string of the molecule is CC(C)(CNCc1ccco1)c1ccccc1F. The lowest BCUT2D eigenvalue weighted by Gasteiger charge is -2.26. The van der Waals surface area contributed by atoms with Crippen molar-refractivity contribution >= 4 is 0 Å². The number of benzene rings is 1. The lowest BCUT2D eigenvalue weighted by atomic mass is 9.84. The third-order valence-electron chi connectivity index (χ3n) is 3.05. The van der Waals surface area contributed by atoms with E-state index in [1.54, 1.807) is 12.3 Å². The first-order valence-electron chi connectivity index (χ1n) is 6.08. The Kier molecular flexibility index (Phi) is 3.82. The molecule has 2 aromatic rings. The molecule has 0 radical (unpaired) electrons. The highest BCUT2D eigenvalue weighted by molar-refractivity contribution is 5.25. The van der Waals surface area contributed by atoms with Gasteiger partial charge in [-0.3, -0.25) is 0 Å². The van der Waals surface area contributed by atoms with E-state index >= 15 is 0 Å². The van der Waals surface area contributed by atoms with Gasteiger partial charge in [0.25, 0.3) is 0 Å². The quantitative estimate of drug-likeness (QED) is 0.875. The smallest absolute Gasteiger partial charge is 0.126 e. The van der Waals surface area contributed by atoms with Crippen LogP contribution in [0.2, 0.25) is 0 Å². The lowest BCUT2D eigenvalue weighted by molar-refractivity contribution is 0.419. The minimum atomic E-state index is -0.252. The Labute approximate surface area is 107 Å². The maximum atomic E-state index is 13.7. The van der Waals surface area contributed by atoms with Gasteiger partial charge >= 0.3 is 0 Å². The third-order valence-corrected chi connectivity index (χ3v) is 3.05. The van der Waals surface area contributed by atoms with E-state index in [4.69, 9.17) is 4.42 Å². The minimum absolute atomic E-state index is 0.151. The average molecular weight is 247 g/mol. The Balaban J connectivity index is 1.97. The lowest BCUT2D eigenvalue weighted by Crippen LogP contribution is -2.33. The van der Waals surface area contributed by atoms with E-state index < -0.39 is 0 Å². The molecule has 0 aliphatic rings. The highest BCUT2D eigenvalue weighted by Gasteiger charge is 2.23. The molecule has 0 bridgehead atoms.